The maximum absolute atomic E-state index is 11.8. The third-order valence-corrected chi connectivity index (χ3v) is 2.89. The molecule has 0 aliphatic rings. The predicted octanol–water partition coefficient (Wildman–Crippen LogP) is 2.90. The molecule has 0 saturated carbocycles. The van der Waals surface area contributed by atoms with Crippen molar-refractivity contribution in [3.05, 3.63) is 29.0 Å². The largest absolute Gasteiger partial charge is 0.469 e. The maximum atomic E-state index is 11.8. The second-order valence-corrected chi connectivity index (χ2v) is 4.54. The quantitative estimate of drug-likeness (QED) is 0.589. The number of halogens is 1. The van der Waals surface area contributed by atoms with Gasteiger partial charge < -0.3 is 4.74 Å². The fraction of sp³-hybridized carbons (Fsp3) is 0.462. The number of rotatable bonds is 6. The molecule has 1 aromatic heterocycles. The number of ketones is 1. The molecule has 18 heavy (non-hydrogen) atoms. The highest BCUT2D eigenvalue weighted by atomic mass is 35.5. The van der Waals surface area contributed by atoms with Gasteiger partial charge in [0.15, 0.2) is 5.78 Å². The number of hydrogen-bond donors (Lipinski definition) is 0. The van der Waals surface area contributed by atoms with E-state index in [9.17, 15) is 9.59 Å². The van der Waals surface area contributed by atoms with Gasteiger partial charge in [-0.2, -0.15) is 0 Å². The number of aromatic nitrogens is 1. The van der Waals surface area contributed by atoms with Crippen molar-refractivity contribution >= 4 is 23.4 Å². The van der Waals surface area contributed by atoms with Gasteiger partial charge in [0.1, 0.15) is 5.69 Å². The second kappa shape index (κ2) is 7.11. The van der Waals surface area contributed by atoms with Crippen LogP contribution in [0, 0.1) is 5.92 Å². The molecule has 0 saturated heterocycles. The van der Waals surface area contributed by atoms with E-state index in [4.69, 9.17) is 11.6 Å². The van der Waals surface area contributed by atoms with Crippen LogP contribution in [0.1, 0.15) is 36.7 Å². The number of nitrogens with zero attached hydrogens (tertiary/aromatic N) is 1. The fourth-order valence-electron chi connectivity index (χ4n) is 1.57. The maximum Gasteiger partial charge on any atom is 0.308 e. The summed E-state index contributed by atoms with van der Waals surface area (Å²) in [6, 6.07) is 3.17. The van der Waals surface area contributed by atoms with E-state index < -0.39 is 0 Å². The number of Topliss-reactive ketones (excluding diaryl/α,β-unsaturated/α-hetero) is 1. The van der Waals surface area contributed by atoms with E-state index in [1.807, 2.05) is 0 Å². The highest BCUT2D eigenvalue weighted by molar-refractivity contribution is 6.30. The number of ether oxygens (including phenoxy) is 1. The summed E-state index contributed by atoms with van der Waals surface area (Å²) in [6.45, 7) is 1.79. The summed E-state index contributed by atoms with van der Waals surface area (Å²) in [5.74, 6) is -0.493. The Morgan fingerprint density at radius 1 is 1.50 bits per heavy atom. The van der Waals surface area contributed by atoms with E-state index in [-0.39, 0.29) is 17.7 Å². The zero-order valence-corrected chi connectivity index (χ0v) is 11.2. The SMILES string of the molecule is COC(=O)C(C)CCCC(=O)c1cc(Cl)ccn1. The molecule has 1 aromatic rings. The summed E-state index contributed by atoms with van der Waals surface area (Å²) in [7, 11) is 1.36. The molecule has 0 N–H and O–H groups in total. The molecule has 0 fully saturated rings. The van der Waals surface area contributed by atoms with Gasteiger partial charge in [0.2, 0.25) is 0 Å². The van der Waals surface area contributed by atoms with Crippen LogP contribution in [0.25, 0.3) is 0 Å². The van der Waals surface area contributed by atoms with Crippen LogP contribution in [0.4, 0.5) is 0 Å². The Hall–Kier alpha value is -1.42. The summed E-state index contributed by atoms with van der Waals surface area (Å²) in [5.41, 5.74) is 0.369. The average molecular weight is 270 g/mol. The monoisotopic (exact) mass is 269 g/mol. The minimum Gasteiger partial charge on any atom is -0.469 e. The van der Waals surface area contributed by atoms with Gasteiger partial charge in [-0.15, -0.1) is 0 Å². The molecule has 1 rings (SSSR count). The molecule has 0 aromatic carbocycles. The lowest BCUT2D eigenvalue weighted by Gasteiger charge is -2.07. The summed E-state index contributed by atoms with van der Waals surface area (Å²) in [5, 5.41) is 0.497. The van der Waals surface area contributed by atoms with Gasteiger partial charge in [-0.1, -0.05) is 18.5 Å². The van der Waals surface area contributed by atoms with Crippen LogP contribution in [0.15, 0.2) is 18.3 Å². The smallest absolute Gasteiger partial charge is 0.308 e. The zero-order valence-electron chi connectivity index (χ0n) is 10.5. The first-order valence-corrected chi connectivity index (χ1v) is 6.15. The average Bonchev–Trinajstić information content (AvgIpc) is 2.37. The van der Waals surface area contributed by atoms with Gasteiger partial charge in [0.25, 0.3) is 0 Å². The molecule has 0 radical (unpaired) electrons. The number of carbonyl (C=O) groups is 2. The lowest BCUT2D eigenvalue weighted by molar-refractivity contribution is -0.145. The molecule has 0 bridgehead atoms. The van der Waals surface area contributed by atoms with Gasteiger partial charge in [-0.05, 0) is 25.0 Å². The summed E-state index contributed by atoms with van der Waals surface area (Å²) in [6.07, 6.45) is 3.11. The van der Waals surface area contributed by atoms with Crippen LogP contribution in [0.5, 0.6) is 0 Å². The minimum absolute atomic E-state index is 0.0606. The molecular formula is C13H16ClNO3. The van der Waals surface area contributed by atoms with Crippen molar-refractivity contribution in [3.8, 4) is 0 Å². The predicted molar refractivity (Wildman–Crippen MR) is 68.6 cm³/mol. The molecule has 4 nitrogen and oxygen atoms in total. The van der Waals surface area contributed by atoms with E-state index in [0.717, 1.165) is 0 Å². The van der Waals surface area contributed by atoms with Gasteiger partial charge in [-0.3, -0.25) is 14.6 Å². The molecule has 1 atom stereocenters. The van der Waals surface area contributed by atoms with Crippen molar-refractivity contribution in [1.29, 1.82) is 0 Å². The van der Waals surface area contributed by atoms with E-state index in [1.165, 1.54) is 13.3 Å². The summed E-state index contributed by atoms with van der Waals surface area (Å²) >= 11 is 5.78. The first-order valence-electron chi connectivity index (χ1n) is 5.77. The Balaban J connectivity index is 2.40. The number of pyridine rings is 1. The minimum atomic E-state index is -0.247. The lowest BCUT2D eigenvalue weighted by atomic mass is 10.0. The molecule has 0 spiro atoms. The first-order chi connectivity index (χ1) is 8.54. The first kappa shape index (κ1) is 14.6. The number of hydrogen-bond acceptors (Lipinski definition) is 4. The molecule has 98 valence electrons. The van der Waals surface area contributed by atoms with Crippen molar-refractivity contribution < 1.29 is 14.3 Å². The van der Waals surface area contributed by atoms with Crippen LogP contribution in [0.2, 0.25) is 5.02 Å². The molecule has 5 heteroatoms. The Morgan fingerprint density at radius 3 is 2.83 bits per heavy atom. The molecule has 1 unspecified atom stereocenters. The van der Waals surface area contributed by atoms with Crippen molar-refractivity contribution in [1.82, 2.24) is 4.98 Å². The van der Waals surface area contributed by atoms with Crippen molar-refractivity contribution in [2.75, 3.05) is 7.11 Å². The Kier molecular flexibility index (Phi) is 5.78. The fourth-order valence-corrected chi connectivity index (χ4v) is 1.73. The standard InChI is InChI=1S/C13H16ClNO3/c1-9(13(17)18-2)4-3-5-12(16)11-8-10(14)6-7-15-11/h6-9H,3-5H2,1-2H3. The number of esters is 1. The normalized spacial score (nSPS) is 11.9. The highest BCUT2D eigenvalue weighted by Crippen LogP contribution is 2.14. The van der Waals surface area contributed by atoms with E-state index in [2.05, 4.69) is 9.72 Å². The van der Waals surface area contributed by atoms with Gasteiger partial charge in [0.05, 0.1) is 13.0 Å². The Labute approximate surface area is 111 Å². The number of methoxy groups -OCH3 is 1. The Bertz CT molecular complexity index is 434. The van der Waals surface area contributed by atoms with Crippen LogP contribution in [0.3, 0.4) is 0 Å². The molecule has 0 amide bonds. The van der Waals surface area contributed by atoms with Crippen LogP contribution >= 0.6 is 11.6 Å². The zero-order chi connectivity index (χ0) is 13.5. The third-order valence-electron chi connectivity index (χ3n) is 2.65. The molecule has 1 heterocycles. The van der Waals surface area contributed by atoms with Crippen LogP contribution in [-0.4, -0.2) is 23.8 Å². The summed E-state index contributed by atoms with van der Waals surface area (Å²) in [4.78, 5) is 26.9. The van der Waals surface area contributed by atoms with Crippen LogP contribution < -0.4 is 0 Å². The highest BCUT2D eigenvalue weighted by Gasteiger charge is 2.14. The number of carbonyl (C=O) groups excluding carboxylic acids is 2. The van der Waals surface area contributed by atoms with E-state index >= 15 is 0 Å². The van der Waals surface area contributed by atoms with Crippen molar-refractivity contribution in [2.45, 2.75) is 26.2 Å². The second-order valence-electron chi connectivity index (χ2n) is 4.10. The molecule has 0 aliphatic heterocycles. The Morgan fingerprint density at radius 2 is 2.22 bits per heavy atom. The van der Waals surface area contributed by atoms with Crippen molar-refractivity contribution in [2.24, 2.45) is 5.92 Å². The molecular weight excluding hydrogens is 254 g/mol. The lowest BCUT2D eigenvalue weighted by Crippen LogP contribution is -2.13. The van der Waals surface area contributed by atoms with Crippen LogP contribution in [-0.2, 0) is 9.53 Å². The van der Waals surface area contributed by atoms with Gasteiger partial charge >= 0.3 is 5.97 Å². The van der Waals surface area contributed by atoms with Crippen molar-refractivity contribution in [3.63, 3.8) is 0 Å². The van der Waals surface area contributed by atoms with E-state index in [1.54, 1.807) is 19.1 Å². The molecule has 0 aliphatic carbocycles. The topological polar surface area (TPSA) is 56.3 Å². The van der Waals surface area contributed by atoms with Gasteiger partial charge in [-0.25, -0.2) is 0 Å². The third kappa shape index (κ3) is 4.45. The summed E-state index contributed by atoms with van der Waals surface area (Å²) < 4.78 is 4.62. The van der Waals surface area contributed by atoms with E-state index in [0.29, 0.717) is 30.0 Å². The van der Waals surface area contributed by atoms with Gasteiger partial charge in [0, 0.05) is 17.6 Å².